The summed E-state index contributed by atoms with van der Waals surface area (Å²) in [5.41, 5.74) is 0.237. The Morgan fingerprint density at radius 2 is 1.62 bits per heavy atom. The van der Waals surface area contributed by atoms with Gasteiger partial charge in [-0.25, -0.2) is 13.2 Å². The van der Waals surface area contributed by atoms with Gasteiger partial charge in [-0.05, 0) is 30.3 Å². The highest BCUT2D eigenvalue weighted by atomic mass is 35.5. The molecule has 0 fully saturated rings. The van der Waals surface area contributed by atoms with E-state index in [9.17, 15) is 18.0 Å². The van der Waals surface area contributed by atoms with E-state index in [1.54, 1.807) is 0 Å². The minimum Gasteiger partial charge on any atom is -0.375 e. The van der Waals surface area contributed by atoms with Crippen molar-refractivity contribution in [3.63, 3.8) is 0 Å². The van der Waals surface area contributed by atoms with Crippen LogP contribution in [0.4, 0.5) is 24.5 Å². The summed E-state index contributed by atoms with van der Waals surface area (Å²) in [5, 5.41) is 5.08. The average molecular weight is 315 g/mol. The second-order valence-corrected chi connectivity index (χ2v) is 4.56. The van der Waals surface area contributed by atoms with Gasteiger partial charge in [-0.2, -0.15) is 0 Å². The van der Waals surface area contributed by atoms with Crippen molar-refractivity contribution in [2.24, 2.45) is 0 Å². The summed E-state index contributed by atoms with van der Waals surface area (Å²) in [6.07, 6.45) is 0. The lowest BCUT2D eigenvalue weighted by Gasteiger charge is -2.09. The number of anilines is 2. The third kappa shape index (κ3) is 4.13. The van der Waals surface area contributed by atoms with Crippen LogP contribution in [0, 0.1) is 17.5 Å². The Balaban J connectivity index is 1.96. The molecule has 0 aliphatic carbocycles. The lowest BCUT2D eigenvalue weighted by atomic mass is 10.3. The Hall–Kier alpha value is -2.21. The molecule has 2 rings (SSSR count). The molecule has 21 heavy (non-hydrogen) atoms. The van der Waals surface area contributed by atoms with Crippen molar-refractivity contribution < 1.29 is 18.0 Å². The van der Waals surface area contributed by atoms with Gasteiger partial charge in [0.15, 0.2) is 0 Å². The number of hydrogen-bond acceptors (Lipinski definition) is 2. The van der Waals surface area contributed by atoms with Crippen LogP contribution in [0.25, 0.3) is 0 Å². The van der Waals surface area contributed by atoms with Gasteiger partial charge in [-0.3, -0.25) is 4.79 Å². The summed E-state index contributed by atoms with van der Waals surface area (Å²) in [6, 6.07) is 6.48. The molecule has 1 amide bonds. The van der Waals surface area contributed by atoms with Crippen LogP contribution in [0.2, 0.25) is 5.02 Å². The van der Waals surface area contributed by atoms with E-state index < -0.39 is 23.4 Å². The molecule has 2 N–H and O–H groups in total. The second kappa shape index (κ2) is 6.49. The van der Waals surface area contributed by atoms with Crippen molar-refractivity contribution in [3.8, 4) is 0 Å². The number of amides is 1. The summed E-state index contributed by atoms with van der Waals surface area (Å²) >= 11 is 5.78. The number of nitrogens with one attached hydrogen (secondary N) is 2. The summed E-state index contributed by atoms with van der Waals surface area (Å²) in [4.78, 5) is 11.6. The predicted molar refractivity (Wildman–Crippen MR) is 74.9 cm³/mol. The quantitative estimate of drug-likeness (QED) is 0.901. The highest BCUT2D eigenvalue weighted by Crippen LogP contribution is 2.22. The molecule has 0 saturated carbocycles. The summed E-state index contributed by atoms with van der Waals surface area (Å²) in [5.74, 6) is -2.66. The van der Waals surface area contributed by atoms with Crippen LogP contribution in [-0.4, -0.2) is 12.5 Å². The van der Waals surface area contributed by atoms with Gasteiger partial charge in [0.1, 0.15) is 17.5 Å². The molecule has 0 unspecified atom stereocenters. The van der Waals surface area contributed by atoms with E-state index in [0.29, 0.717) is 11.8 Å². The Morgan fingerprint density at radius 1 is 1.00 bits per heavy atom. The zero-order chi connectivity index (χ0) is 15.4. The van der Waals surface area contributed by atoms with Crippen molar-refractivity contribution in [3.05, 3.63) is 58.9 Å². The van der Waals surface area contributed by atoms with Gasteiger partial charge >= 0.3 is 0 Å². The highest BCUT2D eigenvalue weighted by Gasteiger charge is 2.09. The first-order valence-electron chi connectivity index (χ1n) is 5.89. The first kappa shape index (κ1) is 15.2. The smallest absolute Gasteiger partial charge is 0.243 e. The maximum absolute atomic E-state index is 13.3. The van der Waals surface area contributed by atoms with Crippen LogP contribution in [0.15, 0.2) is 36.4 Å². The molecule has 0 bridgehead atoms. The third-order valence-corrected chi connectivity index (χ3v) is 2.89. The Morgan fingerprint density at radius 3 is 2.24 bits per heavy atom. The Bertz CT molecular complexity index is 679. The van der Waals surface area contributed by atoms with Crippen molar-refractivity contribution in [2.75, 3.05) is 17.2 Å². The number of hydrogen-bond donors (Lipinski definition) is 2. The fourth-order valence-electron chi connectivity index (χ4n) is 1.59. The topological polar surface area (TPSA) is 41.1 Å². The molecule has 0 heterocycles. The normalized spacial score (nSPS) is 10.3. The average Bonchev–Trinajstić information content (AvgIpc) is 2.41. The number of halogens is 4. The molecular weight excluding hydrogens is 305 g/mol. The van der Waals surface area contributed by atoms with E-state index in [1.807, 2.05) is 0 Å². The van der Waals surface area contributed by atoms with Gasteiger partial charge < -0.3 is 10.6 Å². The Labute approximate surface area is 123 Å². The number of carbonyl (C=O) groups excluding carboxylic acids is 1. The molecule has 0 radical (unpaired) electrons. The molecule has 0 aliphatic rings. The van der Waals surface area contributed by atoms with Gasteiger partial charge in [0, 0.05) is 6.07 Å². The first-order chi connectivity index (χ1) is 9.95. The molecule has 0 atom stereocenters. The molecule has 110 valence electrons. The molecule has 0 aliphatic heterocycles. The molecule has 0 saturated heterocycles. The SMILES string of the molecule is O=C(CNc1ccc(F)cc1Cl)Nc1ccc(F)cc1F. The van der Waals surface area contributed by atoms with Gasteiger partial charge in [0.05, 0.1) is 22.9 Å². The van der Waals surface area contributed by atoms with Crippen molar-refractivity contribution in [1.29, 1.82) is 0 Å². The van der Waals surface area contributed by atoms with Gasteiger partial charge in [0.2, 0.25) is 5.91 Å². The first-order valence-corrected chi connectivity index (χ1v) is 6.27. The minimum absolute atomic E-state index is 0.121. The molecule has 3 nitrogen and oxygen atoms in total. The summed E-state index contributed by atoms with van der Waals surface area (Å²) in [7, 11) is 0. The van der Waals surface area contributed by atoms with Crippen molar-refractivity contribution >= 4 is 28.9 Å². The fraction of sp³-hybridized carbons (Fsp3) is 0.0714. The van der Waals surface area contributed by atoms with Gasteiger partial charge in [-0.1, -0.05) is 11.6 Å². The minimum atomic E-state index is -0.872. The zero-order valence-corrected chi connectivity index (χ0v) is 11.3. The largest absolute Gasteiger partial charge is 0.375 e. The molecule has 7 heteroatoms. The zero-order valence-electron chi connectivity index (χ0n) is 10.6. The monoisotopic (exact) mass is 314 g/mol. The standard InChI is InChI=1S/C14H10ClF3N2O/c15-10-5-8(16)1-3-12(10)19-7-14(21)20-13-4-2-9(17)6-11(13)18/h1-6,19H,7H2,(H,20,21). The number of benzene rings is 2. The number of carbonyl (C=O) groups is 1. The highest BCUT2D eigenvalue weighted by molar-refractivity contribution is 6.33. The van der Waals surface area contributed by atoms with Crippen LogP contribution in [0.5, 0.6) is 0 Å². The van der Waals surface area contributed by atoms with E-state index in [1.165, 1.54) is 12.1 Å². The van der Waals surface area contributed by atoms with Crippen LogP contribution >= 0.6 is 11.6 Å². The fourth-order valence-corrected chi connectivity index (χ4v) is 1.83. The summed E-state index contributed by atoms with van der Waals surface area (Å²) < 4.78 is 38.9. The van der Waals surface area contributed by atoms with Crippen molar-refractivity contribution in [2.45, 2.75) is 0 Å². The summed E-state index contributed by atoms with van der Waals surface area (Å²) in [6.45, 7) is -0.206. The van der Waals surface area contributed by atoms with Gasteiger partial charge in [0.25, 0.3) is 0 Å². The van der Waals surface area contributed by atoms with Crippen LogP contribution in [0.1, 0.15) is 0 Å². The van der Waals surface area contributed by atoms with Crippen molar-refractivity contribution in [1.82, 2.24) is 0 Å². The lowest BCUT2D eigenvalue weighted by molar-refractivity contribution is -0.114. The lowest BCUT2D eigenvalue weighted by Crippen LogP contribution is -2.22. The Kier molecular flexibility index (Phi) is 4.70. The maximum Gasteiger partial charge on any atom is 0.243 e. The van der Waals surface area contributed by atoms with E-state index in [2.05, 4.69) is 10.6 Å². The van der Waals surface area contributed by atoms with E-state index >= 15 is 0 Å². The molecule has 2 aromatic rings. The second-order valence-electron chi connectivity index (χ2n) is 4.15. The van der Waals surface area contributed by atoms with Gasteiger partial charge in [-0.15, -0.1) is 0 Å². The van der Waals surface area contributed by atoms with Crippen LogP contribution < -0.4 is 10.6 Å². The molecule has 0 aromatic heterocycles. The molecule has 0 spiro atoms. The third-order valence-electron chi connectivity index (χ3n) is 2.58. The molecular formula is C14H10ClF3N2O. The van der Waals surface area contributed by atoms with E-state index in [4.69, 9.17) is 11.6 Å². The predicted octanol–water partition coefficient (Wildman–Crippen LogP) is 3.81. The van der Waals surface area contributed by atoms with E-state index in [-0.39, 0.29) is 17.3 Å². The maximum atomic E-state index is 13.3. The van der Waals surface area contributed by atoms with Crippen LogP contribution in [-0.2, 0) is 4.79 Å². The van der Waals surface area contributed by atoms with Crippen LogP contribution in [0.3, 0.4) is 0 Å². The number of rotatable bonds is 4. The molecule has 2 aromatic carbocycles. The van der Waals surface area contributed by atoms with E-state index in [0.717, 1.165) is 18.2 Å².